The Bertz CT molecular complexity index is 1040. The molecule has 0 aromatic heterocycles. The van der Waals surface area contributed by atoms with Gasteiger partial charge < -0.3 is 15.5 Å². The highest BCUT2D eigenvalue weighted by Crippen LogP contribution is 2.14. The molecule has 0 aromatic rings. The summed E-state index contributed by atoms with van der Waals surface area (Å²) in [5, 5.41) is 23.0. The standard InChI is InChI=1S/C48H79NO3/c1-3-5-7-9-11-13-15-16-17-18-19-20-21-22-23-24-25-26-27-28-29-30-31-32-34-36-38-40-42-44-48(52)49-46(45-50)47(51)43-41-39-37-35-33-14-12-10-8-6-4-2/h5,7,11,13,16-17,19-20,22-23,25-26,28-29,31-32,36,38,46-47,50-51H,3-4,6,8-10,12,14-15,18,21,24,27,30,33-35,37,39-45H2,1-2H3,(H,49,52)/b7-5-,13-11-,17-16-,20-19-,23-22-,26-25-,29-28-,32-31-,38-36-. The molecule has 3 N–H and O–H groups in total. The average molecular weight is 718 g/mol. The van der Waals surface area contributed by atoms with Crippen LogP contribution in [0.2, 0.25) is 0 Å². The monoisotopic (exact) mass is 718 g/mol. The van der Waals surface area contributed by atoms with E-state index in [9.17, 15) is 15.0 Å². The van der Waals surface area contributed by atoms with Crippen LogP contribution < -0.4 is 5.32 Å². The average Bonchev–Trinajstić information content (AvgIpc) is 3.15. The summed E-state index contributed by atoms with van der Waals surface area (Å²) in [6, 6.07) is -0.573. The second kappa shape index (κ2) is 42.5. The largest absolute Gasteiger partial charge is 0.394 e. The third-order valence-electron chi connectivity index (χ3n) is 8.80. The van der Waals surface area contributed by atoms with Gasteiger partial charge in [-0.15, -0.1) is 0 Å². The van der Waals surface area contributed by atoms with Gasteiger partial charge in [0.25, 0.3) is 0 Å². The van der Waals surface area contributed by atoms with Gasteiger partial charge in [-0.3, -0.25) is 4.79 Å². The molecule has 2 unspecified atom stereocenters. The van der Waals surface area contributed by atoms with E-state index in [1.807, 2.05) is 0 Å². The number of aliphatic hydroxyl groups is 2. The molecule has 294 valence electrons. The lowest BCUT2D eigenvalue weighted by atomic mass is 10.0. The minimum Gasteiger partial charge on any atom is -0.394 e. The van der Waals surface area contributed by atoms with Crippen LogP contribution in [-0.4, -0.2) is 34.9 Å². The number of unbranched alkanes of at least 4 members (excludes halogenated alkanes) is 11. The molecule has 0 fully saturated rings. The lowest BCUT2D eigenvalue weighted by molar-refractivity contribution is -0.123. The third kappa shape index (κ3) is 38.3. The number of aliphatic hydroxyl groups excluding tert-OH is 2. The maximum Gasteiger partial charge on any atom is 0.220 e. The van der Waals surface area contributed by atoms with Crippen molar-refractivity contribution >= 4 is 5.91 Å². The number of nitrogens with one attached hydrogen (secondary N) is 1. The van der Waals surface area contributed by atoms with E-state index in [1.165, 1.54) is 57.8 Å². The molecule has 0 aliphatic heterocycles. The summed E-state index contributed by atoms with van der Waals surface area (Å²) in [7, 11) is 0. The highest BCUT2D eigenvalue weighted by Gasteiger charge is 2.19. The van der Waals surface area contributed by atoms with Crippen molar-refractivity contribution in [1.82, 2.24) is 5.32 Å². The lowest BCUT2D eigenvalue weighted by Gasteiger charge is -2.22. The molecule has 0 heterocycles. The van der Waals surface area contributed by atoms with Crippen molar-refractivity contribution in [3.63, 3.8) is 0 Å². The van der Waals surface area contributed by atoms with E-state index < -0.39 is 12.1 Å². The predicted octanol–water partition coefficient (Wildman–Crippen LogP) is 13.2. The molecule has 0 saturated heterocycles. The summed E-state index contributed by atoms with van der Waals surface area (Å²) in [6.07, 6.45) is 64.5. The molecule has 1 amide bonds. The number of carbonyl (C=O) groups is 1. The SMILES string of the molecule is CC/C=C\C/C=C\C/C=C\C/C=C\C/C=C\C/C=C\C/C=C\C/C=C\C/C=C\CCCC(=O)NC(CO)C(O)CCCCCCCCCCCCC. The maximum atomic E-state index is 12.3. The summed E-state index contributed by atoms with van der Waals surface area (Å²) in [4.78, 5) is 12.3. The second-order valence-corrected chi connectivity index (χ2v) is 13.7. The molecule has 0 rings (SSSR count). The van der Waals surface area contributed by atoms with Gasteiger partial charge in [0.15, 0.2) is 0 Å². The molecule has 4 nitrogen and oxygen atoms in total. The predicted molar refractivity (Wildman–Crippen MR) is 229 cm³/mol. The first kappa shape index (κ1) is 49.0. The van der Waals surface area contributed by atoms with Crippen molar-refractivity contribution in [2.75, 3.05) is 6.61 Å². The molecule has 0 saturated carbocycles. The van der Waals surface area contributed by atoms with Gasteiger partial charge >= 0.3 is 0 Å². The molecule has 4 heteroatoms. The Labute approximate surface area is 321 Å². The Hall–Kier alpha value is -2.95. The van der Waals surface area contributed by atoms with Crippen LogP contribution >= 0.6 is 0 Å². The number of carbonyl (C=O) groups excluding carboxylic acids is 1. The quantitative estimate of drug-likeness (QED) is 0.0446. The topological polar surface area (TPSA) is 69.6 Å². The van der Waals surface area contributed by atoms with Crippen LogP contribution in [0.15, 0.2) is 109 Å². The molecule has 0 radical (unpaired) electrons. The van der Waals surface area contributed by atoms with E-state index in [1.54, 1.807) is 0 Å². The van der Waals surface area contributed by atoms with Crippen molar-refractivity contribution in [3.8, 4) is 0 Å². The zero-order valence-electron chi connectivity index (χ0n) is 33.5. The fraction of sp³-hybridized carbons (Fsp3) is 0.604. The van der Waals surface area contributed by atoms with Crippen molar-refractivity contribution in [2.45, 2.75) is 180 Å². The molecular weight excluding hydrogens is 639 g/mol. The molecule has 0 bridgehead atoms. The molecule has 2 atom stereocenters. The molecule has 52 heavy (non-hydrogen) atoms. The Kier molecular flexibility index (Phi) is 40.1. The van der Waals surface area contributed by atoms with Gasteiger partial charge in [0, 0.05) is 6.42 Å². The molecule has 0 spiro atoms. The van der Waals surface area contributed by atoms with E-state index in [-0.39, 0.29) is 12.5 Å². The van der Waals surface area contributed by atoms with Crippen molar-refractivity contribution in [2.24, 2.45) is 0 Å². The normalized spacial score (nSPS) is 14.2. The summed E-state index contributed by atoms with van der Waals surface area (Å²) in [5.41, 5.74) is 0. The van der Waals surface area contributed by atoms with Crippen LogP contribution in [0.25, 0.3) is 0 Å². The number of amides is 1. The van der Waals surface area contributed by atoms with Crippen LogP contribution in [-0.2, 0) is 4.79 Å². The van der Waals surface area contributed by atoms with Gasteiger partial charge in [-0.1, -0.05) is 194 Å². The number of hydrogen-bond acceptors (Lipinski definition) is 3. The van der Waals surface area contributed by atoms with Crippen molar-refractivity contribution < 1.29 is 15.0 Å². The second-order valence-electron chi connectivity index (χ2n) is 13.7. The first-order chi connectivity index (χ1) is 25.7. The van der Waals surface area contributed by atoms with Crippen LogP contribution in [0.4, 0.5) is 0 Å². The van der Waals surface area contributed by atoms with Gasteiger partial charge in [-0.2, -0.15) is 0 Å². The van der Waals surface area contributed by atoms with Crippen molar-refractivity contribution in [3.05, 3.63) is 109 Å². The number of hydrogen-bond donors (Lipinski definition) is 3. The van der Waals surface area contributed by atoms with Gasteiger partial charge in [0.05, 0.1) is 18.8 Å². The fourth-order valence-corrected chi connectivity index (χ4v) is 5.59. The molecule has 0 aliphatic carbocycles. The number of rotatable bonds is 36. The Morgan fingerprint density at radius 1 is 0.481 bits per heavy atom. The highest BCUT2D eigenvalue weighted by atomic mass is 16.3. The number of allylic oxidation sites excluding steroid dienone is 18. The Morgan fingerprint density at radius 3 is 1.19 bits per heavy atom. The molecule has 0 aromatic carbocycles. The van der Waals surface area contributed by atoms with Gasteiger partial charge in [0.1, 0.15) is 0 Å². The Morgan fingerprint density at radius 2 is 0.827 bits per heavy atom. The summed E-state index contributed by atoms with van der Waals surface area (Å²) < 4.78 is 0. The highest BCUT2D eigenvalue weighted by molar-refractivity contribution is 5.76. The summed E-state index contributed by atoms with van der Waals surface area (Å²) >= 11 is 0. The summed E-state index contributed by atoms with van der Waals surface area (Å²) in [5.74, 6) is -0.0962. The third-order valence-corrected chi connectivity index (χ3v) is 8.80. The van der Waals surface area contributed by atoms with Crippen molar-refractivity contribution in [1.29, 1.82) is 0 Å². The van der Waals surface area contributed by atoms with Crippen LogP contribution in [0, 0.1) is 0 Å². The fourth-order valence-electron chi connectivity index (χ4n) is 5.59. The maximum absolute atomic E-state index is 12.3. The van der Waals surface area contributed by atoms with E-state index in [2.05, 4.69) is 129 Å². The smallest absolute Gasteiger partial charge is 0.220 e. The van der Waals surface area contributed by atoms with Crippen LogP contribution in [0.5, 0.6) is 0 Å². The van der Waals surface area contributed by atoms with Crippen LogP contribution in [0.3, 0.4) is 0 Å². The van der Waals surface area contributed by atoms with Gasteiger partial charge in [0.2, 0.25) is 5.91 Å². The van der Waals surface area contributed by atoms with Crippen LogP contribution in [0.1, 0.15) is 168 Å². The lowest BCUT2D eigenvalue weighted by Crippen LogP contribution is -2.45. The van der Waals surface area contributed by atoms with E-state index in [0.717, 1.165) is 83.5 Å². The minimum absolute atomic E-state index is 0.0962. The van der Waals surface area contributed by atoms with E-state index >= 15 is 0 Å². The minimum atomic E-state index is -0.689. The van der Waals surface area contributed by atoms with Gasteiger partial charge in [-0.25, -0.2) is 0 Å². The zero-order chi connectivity index (χ0) is 37.8. The molecule has 0 aliphatic rings. The van der Waals surface area contributed by atoms with Gasteiger partial charge in [-0.05, 0) is 77.0 Å². The Balaban J connectivity index is 3.76. The first-order valence-corrected chi connectivity index (χ1v) is 21.1. The molecular formula is C48H79NO3. The van der Waals surface area contributed by atoms with E-state index in [4.69, 9.17) is 0 Å². The first-order valence-electron chi connectivity index (χ1n) is 21.1. The summed E-state index contributed by atoms with van der Waals surface area (Å²) in [6.45, 7) is 4.19. The van der Waals surface area contributed by atoms with E-state index in [0.29, 0.717) is 12.8 Å². The zero-order valence-corrected chi connectivity index (χ0v) is 33.5.